The molecular formula is C18H20N2O2. The van der Waals surface area contributed by atoms with Crippen molar-refractivity contribution in [2.45, 2.75) is 25.6 Å². The summed E-state index contributed by atoms with van der Waals surface area (Å²) in [4.78, 5) is 11.5. The normalized spacial score (nSPS) is 17.3. The van der Waals surface area contributed by atoms with Gasteiger partial charge in [-0.05, 0) is 29.7 Å². The van der Waals surface area contributed by atoms with Crippen LogP contribution in [0.4, 0.5) is 0 Å². The molecule has 0 bridgehead atoms. The highest BCUT2D eigenvalue weighted by Gasteiger charge is 2.22. The molecular weight excluding hydrogens is 276 g/mol. The molecule has 2 aromatic carbocycles. The minimum atomic E-state index is -0.0611. The summed E-state index contributed by atoms with van der Waals surface area (Å²) in [7, 11) is 0. The number of ether oxygens (including phenoxy) is 1. The van der Waals surface area contributed by atoms with Gasteiger partial charge in [0.15, 0.2) is 0 Å². The molecule has 4 nitrogen and oxygen atoms in total. The van der Waals surface area contributed by atoms with Crippen LogP contribution in [-0.4, -0.2) is 18.5 Å². The van der Waals surface area contributed by atoms with E-state index in [1.807, 2.05) is 54.6 Å². The van der Waals surface area contributed by atoms with Crippen LogP contribution < -0.4 is 15.4 Å². The number of nitrogens with one attached hydrogen (secondary N) is 2. The zero-order valence-electron chi connectivity index (χ0n) is 12.4. The van der Waals surface area contributed by atoms with E-state index in [0.717, 1.165) is 29.8 Å². The van der Waals surface area contributed by atoms with Gasteiger partial charge in [-0.2, -0.15) is 0 Å². The van der Waals surface area contributed by atoms with Gasteiger partial charge >= 0.3 is 0 Å². The van der Waals surface area contributed by atoms with Crippen molar-refractivity contribution in [1.82, 2.24) is 10.6 Å². The molecule has 1 atom stereocenters. The number of hydrogen-bond acceptors (Lipinski definition) is 3. The quantitative estimate of drug-likeness (QED) is 0.859. The Balaban J connectivity index is 1.48. The first kappa shape index (κ1) is 14.6. The first-order valence-corrected chi connectivity index (χ1v) is 7.58. The van der Waals surface area contributed by atoms with Crippen molar-refractivity contribution in [3.8, 4) is 5.75 Å². The number of hydrogen-bond donors (Lipinski definition) is 2. The highest BCUT2D eigenvalue weighted by Crippen LogP contribution is 2.14. The van der Waals surface area contributed by atoms with Crippen LogP contribution in [-0.2, 0) is 17.9 Å². The molecule has 1 aliphatic heterocycles. The summed E-state index contributed by atoms with van der Waals surface area (Å²) in [5.74, 6) is 0.953. The average Bonchev–Trinajstić information content (AvgIpc) is 2.98. The van der Waals surface area contributed by atoms with E-state index in [9.17, 15) is 4.79 Å². The van der Waals surface area contributed by atoms with Gasteiger partial charge in [0.1, 0.15) is 12.4 Å². The molecule has 2 N–H and O–H groups in total. The fourth-order valence-corrected chi connectivity index (χ4v) is 2.47. The van der Waals surface area contributed by atoms with Crippen LogP contribution in [0.15, 0.2) is 54.6 Å². The van der Waals surface area contributed by atoms with Crippen LogP contribution in [0.2, 0.25) is 0 Å². The molecule has 4 heteroatoms. The predicted molar refractivity (Wildman–Crippen MR) is 85.5 cm³/mol. The number of benzene rings is 2. The van der Waals surface area contributed by atoms with Gasteiger partial charge in [0.2, 0.25) is 5.91 Å². The van der Waals surface area contributed by atoms with Crippen molar-refractivity contribution in [2.24, 2.45) is 0 Å². The van der Waals surface area contributed by atoms with Crippen molar-refractivity contribution >= 4 is 5.91 Å². The average molecular weight is 296 g/mol. The highest BCUT2D eigenvalue weighted by molar-refractivity contribution is 5.83. The maximum absolute atomic E-state index is 11.5. The van der Waals surface area contributed by atoms with E-state index in [4.69, 9.17) is 4.74 Å². The highest BCUT2D eigenvalue weighted by atomic mass is 16.5. The topological polar surface area (TPSA) is 50.4 Å². The Morgan fingerprint density at radius 3 is 2.50 bits per heavy atom. The zero-order valence-corrected chi connectivity index (χ0v) is 12.4. The van der Waals surface area contributed by atoms with Crippen molar-refractivity contribution < 1.29 is 9.53 Å². The van der Waals surface area contributed by atoms with Crippen LogP contribution in [0.25, 0.3) is 0 Å². The molecule has 2 aromatic rings. The molecule has 114 valence electrons. The van der Waals surface area contributed by atoms with Crippen molar-refractivity contribution in [1.29, 1.82) is 0 Å². The first-order chi connectivity index (χ1) is 10.8. The largest absolute Gasteiger partial charge is 0.489 e. The molecule has 1 heterocycles. The fourth-order valence-electron chi connectivity index (χ4n) is 2.47. The zero-order chi connectivity index (χ0) is 15.2. The molecule has 1 amide bonds. The molecule has 1 saturated heterocycles. The van der Waals surface area contributed by atoms with Gasteiger partial charge in [-0.25, -0.2) is 0 Å². The van der Waals surface area contributed by atoms with Gasteiger partial charge in [-0.3, -0.25) is 4.79 Å². The Bertz CT molecular complexity index is 611. The predicted octanol–water partition coefficient (Wildman–Crippen LogP) is 2.24. The lowest BCUT2D eigenvalue weighted by Gasteiger charge is -2.11. The van der Waals surface area contributed by atoms with Crippen LogP contribution in [0.5, 0.6) is 5.75 Å². The van der Waals surface area contributed by atoms with E-state index in [1.165, 1.54) is 0 Å². The van der Waals surface area contributed by atoms with Gasteiger partial charge < -0.3 is 15.4 Å². The Hall–Kier alpha value is -2.33. The van der Waals surface area contributed by atoms with Gasteiger partial charge in [0.25, 0.3) is 0 Å². The molecule has 0 aromatic heterocycles. The lowest BCUT2D eigenvalue weighted by molar-refractivity contribution is -0.120. The summed E-state index contributed by atoms with van der Waals surface area (Å²) < 4.78 is 5.76. The number of carbonyl (C=O) groups is 1. The summed E-state index contributed by atoms with van der Waals surface area (Å²) in [5.41, 5.74) is 2.30. The van der Waals surface area contributed by atoms with Crippen molar-refractivity contribution in [3.05, 3.63) is 65.7 Å². The number of rotatable bonds is 6. The SMILES string of the molecule is O=C1NCCC1NCc1ccc(OCc2ccccc2)cc1. The Kier molecular flexibility index (Phi) is 4.71. The minimum absolute atomic E-state index is 0.0611. The molecule has 0 spiro atoms. The standard InChI is InChI=1S/C18H20N2O2/c21-18-17(10-11-19-18)20-12-14-6-8-16(9-7-14)22-13-15-4-2-1-3-5-15/h1-9,17,20H,10-13H2,(H,19,21). The van der Waals surface area contributed by atoms with Gasteiger partial charge in [-0.1, -0.05) is 42.5 Å². The molecule has 0 radical (unpaired) electrons. The van der Waals surface area contributed by atoms with Gasteiger partial charge in [0.05, 0.1) is 6.04 Å². The van der Waals surface area contributed by atoms with Crippen LogP contribution in [0, 0.1) is 0 Å². The molecule has 22 heavy (non-hydrogen) atoms. The molecule has 1 unspecified atom stereocenters. The second-order valence-corrected chi connectivity index (χ2v) is 5.43. The smallest absolute Gasteiger partial charge is 0.237 e. The number of amides is 1. The molecule has 1 fully saturated rings. The Morgan fingerprint density at radius 2 is 1.82 bits per heavy atom. The summed E-state index contributed by atoms with van der Waals surface area (Å²) in [5, 5.41) is 6.10. The lowest BCUT2D eigenvalue weighted by atomic mass is 10.2. The van der Waals surface area contributed by atoms with Gasteiger partial charge in [0, 0.05) is 13.1 Å². The van der Waals surface area contributed by atoms with Crippen LogP contribution in [0.3, 0.4) is 0 Å². The summed E-state index contributed by atoms with van der Waals surface area (Å²) in [6.07, 6.45) is 0.858. The third-order valence-corrected chi connectivity index (χ3v) is 3.77. The molecule has 0 saturated carbocycles. The van der Waals surface area contributed by atoms with E-state index in [1.54, 1.807) is 0 Å². The lowest BCUT2D eigenvalue weighted by Crippen LogP contribution is -2.35. The molecule has 3 rings (SSSR count). The van der Waals surface area contributed by atoms with Gasteiger partial charge in [-0.15, -0.1) is 0 Å². The molecule has 0 aliphatic carbocycles. The Labute approximate surface area is 130 Å². The maximum atomic E-state index is 11.5. The van der Waals surface area contributed by atoms with E-state index in [0.29, 0.717) is 13.2 Å². The van der Waals surface area contributed by atoms with E-state index in [2.05, 4.69) is 10.6 Å². The fraction of sp³-hybridized carbons (Fsp3) is 0.278. The third-order valence-electron chi connectivity index (χ3n) is 3.77. The monoisotopic (exact) mass is 296 g/mol. The van der Waals surface area contributed by atoms with E-state index < -0.39 is 0 Å². The second kappa shape index (κ2) is 7.09. The van der Waals surface area contributed by atoms with Crippen molar-refractivity contribution in [2.75, 3.05) is 6.54 Å². The van der Waals surface area contributed by atoms with Crippen molar-refractivity contribution in [3.63, 3.8) is 0 Å². The Morgan fingerprint density at radius 1 is 1.05 bits per heavy atom. The maximum Gasteiger partial charge on any atom is 0.237 e. The minimum Gasteiger partial charge on any atom is -0.489 e. The summed E-state index contributed by atoms with van der Waals surface area (Å²) >= 11 is 0. The first-order valence-electron chi connectivity index (χ1n) is 7.58. The van der Waals surface area contributed by atoms with Crippen LogP contribution >= 0.6 is 0 Å². The summed E-state index contributed by atoms with van der Waals surface area (Å²) in [6.45, 7) is 2.03. The second-order valence-electron chi connectivity index (χ2n) is 5.43. The third kappa shape index (κ3) is 3.86. The van der Waals surface area contributed by atoms with Crippen LogP contribution in [0.1, 0.15) is 17.5 Å². The van der Waals surface area contributed by atoms with E-state index in [-0.39, 0.29) is 11.9 Å². The molecule has 1 aliphatic rings. The summed E-state index contributed by atoms with van der Waals surface area (Å²) in [6, 6.07) is 18.0. The van der Waals surface area contributed by atoms with E-state index >= 15 is 0 Å². The number of carbonyl (C=O) groups excluding carboxylic acids is 1.